The van der Waals surface area contributed by atoms with E-state index in [1.807, 2.05) is 43.3 Å². The van der Waals surface area contributed by atoms with Gasteiger partial charge in [0, 0.05) is 0 Å². The molecule has 3 rings (SSSR count). The van der Waals surface area contributed by atoms with Gasteiger partial charge in [0.15, 0.2) is 0 Å². The van der Waals surface area contributed by atoms with Gasteiger partial charge >= 0.3 is 6.11 Å². The molecule has 0 aromatic heterocycles. The third-order valence-corrected chi connectivity index (χ3v) is 6.52. The van der Waals surface area contributed by atoms with Crippen LogP contribution in [0.4, 0.5) is 13.2 Å². The molecular weight excluding hydrogens is 421 g/mol. The van der Waals surface area contributed by atoms with Gasteiger partial charge in [-0.2, -0.15) is 8.78 Å². The normalized spacial score (nSPS) is 20.5. The molecule has 1 aliphatic rings. The van der Waals surface area contributed by atoms with E-state index in [9.17, 15) is 13.2 Å². The summed E-state index contributed by atoms with van der Waals surface area (Å²) in [5.41, 5.74) is 2.78. The molecule has 1 atom stereocenters. The predicted octanol–water partition coefficient (Wildman–Crippen LogP) is 8.87. The zero-order valence-corrected chi connectivity index (χ0v) is 19.7. The molecule has 33 heavy (non-hydrogen) atoms. The molecule has 2 aromatic rings. The van der Waals surface area contributed by atoms with Crippen LogP contribution in [0.3, 0.4) is 0 Å². The molecule has 1 nitrogen and oxygen atoms in total. The first kappa shape index (κ1) is 25.3. The van der Waals surface area contributed by atoms with Crippen molar-refractivity contribution in [3.8, 4) is 0 Å². The summed E-state index contributed by atoms with van der Waals surface area (Å²) in [4.78, 5) is 0. The van der Waals surface area contributed by atoms with Crippen LogP contribution in [0, 0.1) is 5.92 Å². The van der Waals surface area contributed by atoms with E-state index in [-0.39, 0.29) is 12.2 Å². The number of aryl methyl sites for hydroxylation is 1. The summed E-state index contributed by atoms with van der Waals surface area (Å²) in [7, 11) is 0. The number of allylic oxidation sites excluding steroid dienone is 4. The van der Waals surface area contributed by atoms with Crippen LogP contribution in [0.2, 0.25) is 0 Å². The fraction of sp³-hybridized carbons (Fsp3) is 0.448. The molecule has 1 unspecified atom stereocenters. The van der Waals surface area contributed by atoms with Gasteiger partial charge in [0.05, 0.1) is 6.61 Å². The molecule has 1 aliphatic carbocycles. The smallest absolute Gasteiger partial charge is 0.313 e. The number of hydrogen-bond donors (Lipinski definition) is 0. The molecule has 0 amide bonds. The second kappa shape index (κ2) is 12.2. The molecule has 2 aromatic carbocycles. The number of halogens is 3. The third-order valence-electron chi connectivity index (χ3n) is 6.52. The lowest BCUT2D eigenvalue weighted by atomic mass is 9.78. The molecule has 4 heteroatoms. The van der Waals surface area contributed by atoms with E-state index < -0.39 is 12.3 Å². The van der Waals surface area contributed by atoms with Gasteiger partial charge in [-0.1, -0.05) is 72.8 Å². The van der Waals surface area contributed by atoms with Gasteiger partial charge in [0.2, 0.25) is 6.17 Å². The van der Waals surface area contributed by atoms with E-state index in [0.29, 0.717) is 17.4 Å². The van der Waals surface area contributed by atoms with Crippen LogP contribution in [0.25, 0.3) is 0 Å². The van der Waals surface area contributed by atoms with Crippen molar-refractivity contribution in [2.24, 2.45) is 5.92 Å². The first-order valence-corrected chi connectivity index (χ1v) is 12.0. The first-order chi connectivity index (χ1) is 15.9. The van der Waals surface area contributed by atoms with E-state index in [4.69, 9.17) is 4.74 Å². The van der Waals surface area contributed by atoms with Crippen LogP contribution in [0.1, 0.15) is 80.3 Å². The van der Waals surface area contributed by atoms with Gasteiger partial charge in [-0.15, -0.1) is 0 Å². The maximum absolute atomic E-state index is 14.6. The van der Waals surface area contributed by atoms with E-state index in [1.165, 1.54) is 30.5 Å². The Balaban J connectivity index is 1.52. The highest BCUT2D eigenvalue weighted by Gasteiger charge is 2.42. The molecule has 1 fully saturated rings. The average molecular weight is 457 g/mol. The van der Waals surface area contributed by atoms with Gasteiger partial charge in [-0.25, -0.2) is 4.39 Å². The van der Waals surface area contributed by atoms with Crippen LogP contribution in [0.5, 0.6) is 0 Å². The summed E-state index contributed by atoms with van der Waals surface area (Å²) >= 11 is 0. The van der Waals surface area contributed by atoms with Crippen molar-refractivity contribution < 1.29 is 17.9 Å². The highest BCUT2D eigenvalue weighted by molar-refractivity contribution is 5.27. The van der Waals surface area contributed by atoms with Crippen LogP contribution < -0.4 is 0 Å². The molecular formula is C29H35F3O. The minimum absolute atomic E-state index is 0.0707. The highest BCUT2D eigenvalue weighted by atomic mass is 19.3. The maximum Gasteiger partial charge on any atom is 0.391 e. The second-order valence-corrected chi connectivity index (χ2v) is 8.94. The topological polar surface area (TPSA) is 9.23 Å². The van der Waals surface area contributed by atoms with Gasteiger partial charge in [0.1, 0.15) is 0 Å². The van der Waals surface area contributed by atoms with Gasteiger partial charge in [-0.3, -0.25) is 0 Å². The summed E-state index contributed by atoms with van der Waals surface area (Å²) in [6.07, 6.45) is 8.32. The van der Waals surface area contributed by atoms with Gasteiger partial charge < -0.3 is 4.74 Å². The predicted molar refractivity (Wildman–Crippen MR) is 129 cm³/mol. The lowest BCUT2D eigenvalue weighted by molar-refractivity contribution is -0.282. The standard InChI is InChI=1S/C29H35F3O/c1-3-5-6-8-23-11-19-27(20-12-23)28(30)29(31,32)33-21-24-13-17-26(18-14-24)25-15-9-22(7-4-2)10-16-25/h3-5,7,11-14,17-20,22,25,28H,6,8-10,15-16,21H2,1-2H3. The highest BCUT2D eigenvalue weighted by Crippen LogP contribution is 2.38. The number of benzene rings is 2. The zero-order chi connectivity index (χ0) is 23.7. The van der Waals surface area contributed by atoms with Crippen molar-refractivity contribution in [2.75, 3.05) is 0 Å². The zero-order valence-electron chi connectivity index (χ0n) is 19.7. The molecule has 0 N–H and O–H groups in total. The summed E-state index contributed by atoms with van der Waals surface area (Å²) in [5.74, 6) is 1.18. The molecule has 0 saturated heterocycles. The molecule has 178 valence electrons. The van der Waals surface area contributed by atoms with Gasteiger partial charge in [-0.05, 0) is 86.5 Å². The second-order valence-electron chi connectivity index (χ2n) is 8.94. The molecule has 0 bridgehead atoms. The van der Waals surface area contributed by atoms with E-state index >= 15 is 0 Å². The van der Waals surface area contributed by atoms with Crippen LogP contribution in [-0.2, 0) is 17.8 Å². The van der Waals surface area contributed by atoms with Crippen molar-refractivity contribution in [3.63, 3.8) is 0 Å². The Kier molecular flexibility index (Phi) is 9.37. The average Bonchev–Trinajstić information content (AvgIpc) is 2.84. The number of rotatable bonds is 10. The van der Waals surface area contributed by atoms with Crippen molar-refractivity contribution in [3.05, 3.63) is 95.1 Å². The Hall–Kier alpha value is -2.33. The quantitative estimate of drug-likeness (QED) is 0.324. The fourth-order valence-corrected chi connectivity index (χ4v) is 4.52. The third kappa shape index (κ3) is 7.33. The molecule has 0 heterocycles. The number of hydrogen-bond acceptors (Lipinski definition) is 1. The summed E-state index contributed by atoms with van der Waals surface area (Å²) in [6.45, 7) is 3.68. The molecule has 0 aliphatic heterocycles. The lowest BCUT2D eigenvalue weighted by Gasteiger charge is -2.27. The Morgan fingerprint density at radius 1 is 0.909 bits per heavy atom. The van der Waals surface area contributed by atoms with E-state index in [1.54, 1.807) is 12.1 Å². The van der Waals surface area contributed by atoms with Crippen LogP contribution in [-0.4, -0.2) is 6.11 Å². The number of ether oxygens (including phenoxy) is 1. The van der Waals surface area contributed by atoms with Crippen LogP contribution in [0.15, 0.2) is 72.8 Å². The Labute approximate surface area is 196 Å². The summed E-state index contributed by atoms with van der Waals surface area (Å²) in [5, 5.41) is 0. The number of alkyl halides is 3. The summed E-state index contributed by atoms with van der Waals surface area (Å²) < 4.78 is 48.1. The molecule has 0 radical (unpaired) electrons. The minimum Gasteiger partial charge on any atom is -0.313 e. The Morgan fingerprint density at radius 2 is 1.55 bits per heavy atom. The largest absolute Gasteiger partial charge is 0.391 e. The summed E-state index contributed by atoms with van der Waals surface area (Å²) in [6, 6.07) is 13.9. The monoisotopic (exact) mass is 456 g/mol. The SMILES string of the molecule is CC=CCCc1ccc(C(F)C(F)(F)OCc2ccc(C3CCC(C=CC)CC3)cc2)cc1. The van der Waals surface area contributed by atoms with Crippen molar-refractivity contribution in [1.29, 1.82) is 0 Å². The molecule has 1 saturated carbocycles. The van der Waals surface area contributed by atoms with Crippen molar-refractivity contribution in [1.82, 2.24) is 0 Å². The van der Waals surface area contributed by atoms with E-state index in [2.05, 4.69) is 19.1 Å². The van der Waals surface area contributed by atoms with Crippen molar-refractivity contribution >= 4 is 0 Å². The Morgan fingerprint density at radius 3 is 2.15 bits per heavy atom. The minimum atomic E-state index is -3.89. The lowest BCUT2D eigenvalue weighted by Crippen LogP contribution is -2.27. The maximum atomic E-state index is 14.6. The molecule has 0 spiro atoms. The Bertz CT molecular complexity index is 891. The van der Waals surface area contributed by atoms with E-state index in [0.717, 1.165) is 31.2 Å². The van der Waals surface area contributed by atoms with Crippen LogP contribution >= 0.6 is 0 Å². The fourth-order valence-electron chi connectivity index (χ4n) is 4.52. The van der Waals surface area contributed by atoms with Crippen molar-refractivity contribution in [2.45, 2.75) is 77.2 Å². The first-order valence-electron chi connectivity index (χ1n) is 12.0. The van der Waals surface area contributed by atoms with Gasteiger partial charge in [0.25, 0.3) is 0 Å².